The third-order valence-electron chi connectivity index (χ3n) is 2.32. The van der Waals surface area contributed by atoms with Gasteiger partial charge in [0.25, 0.3) is 0 Å². The second-order valence-electron chi connectivity index (χ2n) is 3.85. The van der Waals surface area contributed by atoms with Crippen molar-refractivity contribution in [1.82, 2.24) is 5.32 Å². The molecule has 84 valence electrons. The van der Waals surface area contributed by atoms with Gasteiger partial charge in [-0.05, 0) is 49.2 Å². The molecule has 0 radical (unpaired) electrons. The van der Waals surface area contributed by atoms with E-state index in [9.17, 15) is 8.78 Å². The first-order chi connectivity index (χ1) is 7.13. The molecule has 0 aliphatic heterocycles. The quantitative estimate of drug-likeness (QED) is 0.793. The van der Waals surface area contributed by atoms with Crippen molar-refractivity contribution in [3.63, 3.8) is 0 Å². The normalized spacial score (nSPS) is 12.8. The molecule has 0 aliphatic carbocycles. The lowest BCUT2D eigenvalue weighted by Gasteiger charge is -2.12. The maximum atomic E-state index is 13.3. The van der Waals surface area contributed by atoms with E-state index in [1.54, 1.807) is 0 Å². The zero-order valence-corrected chi connectivity index (χ0v) is 9.19. The smallest absolute Gasteiger partial charge is 0.126 e. The third-order valence-corrected chi connectivity index (χ3v) is 2.32. The molecule has 0 bridgehead atoms. The van der Waals surface area contributed by atoms with Crippen LogP contribution < -0.4 is 5.32 Å². The third kappa shape index (κ3) is 3.96. The van der Waals surface area contributed by atoms with Gasteiger partial charge in [-0.15, -0.1) is 0 Å². The van der Waals surface area contributed by atoms with Gasteiger partial charge in [0.05, 0.1) is 0 Å². The standard InChI is InChI=1S/C12H17F2N/c1-3-15-8-9(2)6-10-7-11(13)4-5-12(10)14/h4-5,7,9,15H,3,6,8H2,1-2H3. The molecule has 15 heavy (non-hydrogen) atoms. The molecule has 1 aromatic carbocycles. The molecule has 0 fully saturated rings. The van der Waals surface area contributed by atoms with Crippen LogP contribution in [0.2, 0.25) is 0 Å². The molecule has 1 unspecified atom stereocenters. The van der Waals surface area contributed by atoms with E-state index in [1.807, 2.05) is 13.8 Å². The van der Waals surface area contributed by atoms with E-state index in [0.29, 0.717) is 17.9 Å². The van der Waals surface area contributed by atoms with Crippen LogP contribution >= 0.6 is 0 Å². The summed E-state index contributed by atoms with van der Waals surface area (Å²) in [5, 5.41) is 3.19. The molecule has 1 rings (SSSR count). The van der Waals surface area contributed by atoms with Gasteiger partial charge in [-0.3, -0.25) is 0 Å². The van der Waals surface area contributed by atoms with E-state index in [2.05, 4.69) is 5.32 Å². The maximum absolute atomic E-state index is 13.3. The SMILES string of the molecule is CCNCC(C)Cc1cc(F)ccc1F. The Labute approximate surface area is 89.5 Å². The number of nitrogens with one attached hydrogen (secondary N) is 1. The van der Waals surface area contributed by atoms with E-state index in [-0.39, 0.29) is 11.6 Å². The highest BCUT2D eigenvalue weighted by atomic mass is 19.1. The molecule has 0 saturated carbocycles. The molecule has 3 heteroatoms. The number of benzene rings is 1. The van der Waals surface area contributed by atoms with Crippen molar-refractivity contribution in [1.29, 1.82) is 0 Å². The van der Waals surface area contributed by atoms with E-state index in [1.165, 1.54) is 12.1 Å². The van der Waals surface area contributed by atoms with Crippen LogP contribution in [-0.2, 0) is 6.42 Å². The molecule has 0 spiro atoms. The van der Waals surface area contributed by atoms with Gasteiger partial charge >= 0.3 is 0 Å². The summed E-state index contributed by atoms with van der Waals surface area (Å²) in [6.45, 7) is 5.77. The van der Waals surface area contributed by atoms with E-state index < -0.39 is 0 Å². The zero-order valence-electron chi connectivity index (χ0n) is 9.19. The van der Waals surface area contributed by atoms with Gasteiger partial charge in [-0.25, -0.2) is 8.78 Å². The average molecular weight is 213 g/mol. The van der Waals surface area contributed by atoms with Crippen molar-refractivity contribution >= 4 is 0 Å². The molecule has 0 saturated heterocycles. The Morgan fingerprint density at radius 1 is 1.33 bits per heavy atom. The monoisotopic (exact) mass is 213 g/mol. The number of hydrogen-bond donors (Lipinski definition) is 1. The van der Waals surface area contributed by atoms with Crippen LogP contribution in [0.5, 0.6) is 0 Å². The van der Waals surface area contributed by atoms with Crippen LogP contribution in [0.15, 0.2) is 18.2 Å². The molecule has 1 N–H and O–H groups in total. The van der Waals surface area contributed by atoms with Crippen molar-refractivity contribution < 1.29 is 8.78 Å². The van der Waals surface area contributed by atoms with Crippen LogP contribution in [0.4, 0.5) is 8.78 Å². The summed E-state index contributed by atoms with van der Waals surface area (Å²) in [6, 6.07) is 3.61. The van der Waals surface area contributed by atoms with Crippen LogP contribution in [0, 0.1) is 17.6 Å². The summed E-state index contributed by atoms with van der Waals surface area (Å²) in [6.07, 6.45) is 0.566. The van der Waals surface area contributed by atoms with Gasteiger partial charge in [0.15, 0.2) is 0 Å². The van der Waals surface area contributed by atoms with E-state index in [0.717, 1.165) is 19.2 Å². The fraction of sp³-hybridized carbons (Fsp3) is 0.500. The zero-order chi connectivity index (χ0) is 11.3. The first-order valence-corrected chi connectivity index (χ1v) is 5.28. The number of halogens is 2. The van der Waals surface area contributed by atoms with Gasteiger partial charge < -0.3 is 5.32 Å². The topological polar surface area (TPSA) is 12.0 Å². The van der Waals surface area contributed by atoms with Crippen molar-refractivity contribution in [3.05, 3.63) is 35.4 Å². The first kappa shape index (κ1) is 12.1. The average Bonchev–Trinajstić information content (AvgIpc) is 2.20. The van der Waals surface area contributed by atoms with Gasteiger partial charge in [-0.1, -0.05) is 13.8 Å². The lowest BCUT2D eigenvalue weighted by atomic mass is 10.0. The highest BCUT2D eigenvalue weighted by Crippen LogP contribution is 2.14. The number of rotatable bonds is 5. The van der Waals surface area contributed by atoms with E-state index >= 15 is 0 Å². The highest BCUT2D eigenvalue weighted by molar-refractivity contribution is 5.19. The summed E-state index contributed by atoms with van der Waals surface area (Å²) in [4.78, 5) is 0. The Hall–Kier alpha value is -0.960. The predicted molar refractivity (Wildman–Crippen MR) is 57.8 cm³/mol. The Bertz CT molecular complexity index is 312. The molecule has 1 nitrogen and oxygen atoms in total. The summed E-state index contributed by atoms with van der Waals surface area (Å²) in [5.41, 5.74) is 0.459. The first-order valence-electron chi connectivity index (χ1n) is 5.28. The fourth-order valence-corrected chi connectivity index (χ4v) is 1.54. The largest absolute Gasteiger partial charge is 0.317 e. The number of hydrogen-bond acceptors (Lipinski definition) is 1. The summed E-state index contributed by atoms with van der Waals surface area (Å²) >= 11 is 0. The second-order valence-corrected chi connectivity index (χ2v) is 3.85. The van der Waals surface area contributed by atoms with Crippen molar-refractivity contribution in [2.45, 2.75) is 20.3 Å². The minimum absolute atomic E-state index is 0.307. The van der Waals surface area contributed by atoms with Crippen LogP contribution in [0.1, 0.15) is 19.4 Å². The molecular weight excluding hydrogens is 196 g/mol. The predicted octanol–water partition coefficient (Wildman–Crippen LogP) is 2.75. The maximum Gasteiger partial charge on any atom is 0.126 e. The van der Waals surface area contributed by atoms with Crippen LogP contribution in [-0.4, -0.2) is 13.1 Å². The molecule has 1 aromatic rings. The summed E-state index contributed by atoms with van der Waals surface area (Å²) in [7, 11) is 0. The molecule has 0 heterocycles. The van der Waals surface area contributed by atoms with Gasteiger partial charge in [0, 0.05) is 0 Å². The molecule has 0 amide bonds. The lowest BCUT2D eigenvalue weighted by molar-refractivity contribution is 0.501. The Kier molecular flexibility index (Phi) is 4.69. The Balaban J connectivity index is 2.59. The molecule has 0 aliphatic rings. The van der Waals surface area contributed by atoms with Crippen LogP contribution in [0.3, 0.4) is 0 Å². The fourth-order valence-electron chi connectivity index (χ4n) is 1.54. The van der Waals surface area contributed by atoms with Gasteiger partial charge in [-0.2, -0.15) is 0 Å². The van der Waals surface area contributed by atoms with Crippen molar-refractivity contribution in [2.24, 2.45) is 5.92 Å². The highest BCUT2D eigenvalue weighted by Gasteiger charge is 2.08. The molecular formula is C12H17F2N. The van der Waals surface area contributed by atoms with Crippen molar-refractivity contribution in [3.8, 4) is 0 Å². The van der Waals surface area contributed by atoms with E-state index in [4.69, 9.17) is 0 Å². The minimum atomic E-state index is -0.373. The minimum Gasteiger partial charge on any atom is -0.317 e. The molecule has 1 atom stereocenters. The van der Waals surface area contributed by atoms with Crippen LogP contribution in [0.25, 0.3) is 0 Å². The Morgan fingerprint density at radius 2 is 2.07 bits per heavy atom. The van der Waals surface area contributed by atoms with Crippen molar-refractivity contribution in [2.75, 3.05) is 13.1 Å². The van der Waals surface area contributed by atoms with Gasteiger partial charge in [0.1, 0.15) is 11.6 Å². The summed E-state index contributed by atoms with van der Waals surface area (Å²) < 4.78 is 26.1. The van der Waals surface area contributed by atoms with Gasteiger partial charge in [0.2, 0.25) is 0 Å². The molecule has 0 aromatic heterocycles. The Morgan fingerprint density at radius 3 is 2.73 bits per heavy atom. The lowest BCUT2D eigenvalue weighted by Crippen LogP contribution is -2.22. The summed E-state index contributed by atoms with van der Waals surface area (Å²) in [5.74, 6) is -0.386. The second kappa shape index (κ2) is 5.81.